The molecule has 0 saturated heterocycles. The zero-order valence-corrected chi connectivity index (χ0v) is 12.6. The zero-order valence-electron chi connectivity index (χ0n) is 11.8. The lowest BCUT2D eigenvalue weighted by atomic mass is 10.2. The minimum absolute atomic E-state index is 0.0201. The second-order valence-electron chi connectivity index (χ2n) is 4.63. The third-order valence-electron chi connectivity index (χ3n) is 2.93. The third-order valence-corrected chi connectivity index (χ3v) is 3.58. The Morgan fingerprint density at radius 2 is 2.32 bits per heavy atom. The molecule has 1 amide bonds. The van der Waals surface area contributed by atoms with E-state index in [2.05, 4.69) is 5.32 Å². The molecule has 0 bridgehead atoms. The van der Waals surface area contributed by atoms with Gasteiger partial charge in [0, 0.05) is 6.54 Å². The summed E-state index contributed by atoms with van der Waals surface area (Å²) in [6.45, 7) is 0.492. The average Bonchev–Trinajstić information content (AvgIpc) is 2.89. The molecule has 1 rings (SSSR count). The summed E-state index contributed by atoms with van der Waals surface area (Å²) in [6, 6.07) is 3.33. The number of rotatable bonds is 8. The van der Waals surface area contributed by atoms with Gasteiger partial charge in [-0.25, -0.2) is 0 Å². The normalized spacial score (nSPS) is 14.4. The molecular weight excluding hydrogens is 262 g/mol. The SMILES string of the molecule is CSCC[C@@H](N)C(=O)NCC(c1ccco1)N(C)C. The number of carbonyl (C=O) groups excluding carboxylic acids is 1. The molecule has 3 N–H and O–H groups in total. The molecule has 0 aliphatic rings. The molecule has 6 heteroatoms. The molecule has 0 saturated carbocycles. The molecule has 0 radical (unpaired) electrons. The van der Waals surface area contributed by atoms with Crippen LogP contribution in [0.25, 0.3) is 0 Å². The molecule has 0 aliphatic heterocycles. The molecule has 0 aromatic carbocycles. The minimum Gasteiger partial charge on any atom is -0.468 e. The van der Waals surface area contributed by atoms with Crippen molar-refractivity contribution < 1.29 is 9.21 Å². The molecule has 0 aliphatic carbocycles. The highest BCUT2D eigenvalue weighted by Gasteiger charge is 2.19. The second kappa shape index (κ2) is 8.24. The number of amides is 1. The number of furan rings is 1. The predicted molar refractivity (Wildman–Crippen MR) is 79.1 cm³/mol. The third kappa shape index (κ3) is 5.26. The van der Waals surface area contributed by atoms with E-state index in [-0.39, 0.29) is 11.9 Å². The minimum atomic E-state index is -0.438. The van der Waals surface area contributed by atoms with Gasteiger partial charge in [0.2, 0.25) is 5.91 Å². The first-order chi connectivity index (χ1) is 9.06. The van der Waals surface area contributed by atoms with Crippen molar-refractivity contribution in [3.63, 3.8) is 0 Å². The number of hydrogen-bond acceptors (Lipinski definition) is 5. The number of nitrogens with two attached hydrogens (primary N) is 1. The van der Waals surface area contributed by atoms with Gasteiger partial charge in [-0.1, -0.05) is 0 Å². The molecule has 1 aromatic rings. The van der Waals surface area contributed by atoms with E-state index >= 15 is 0 Å². The van der Waals surface area contributed by atoms with Gasteiger partial charge in [-0.2, -0.15) is 11.8 Å². The number of likely N-dealkylation sites (N-methyl/N-ethyl adjacent to an activating group) is 1. The largest absolute Gasteiger partial charge is 0.468 e. The van der Waals surface area contributed by atoms with Crippen molar-refractivity contribution in [1.82, 2.24) is 10.2 Å². The van der Waals surface area contributed by atoms with Crippen LogP contribution in [0.3, 0.4) is 0 Å². The Labute approximate surface area is 118 Å². The summed E-state index contributed by atoms with van der Waals surface area (Å²) in [5.74, 6) is 1.62. The predicted octanol–water partition coefficient (Wildman–Crippen LogP) is 1.08. The molecule has 1 aromatic heterocycles. The molecule has 1 heterocycles. The first-order valence-electron chi connectivity index (χ1n) is 6.28. The number of thioether (sulfide) groups is 1. The van der Waals surface area contributed by atoms with E-state index < -0.39 is 6.04 Å². The highest BCUT2D eigenvalue weighted by atomic mass is 32.2. The van der Waals surface area contributed by atoms with E-state index in [9.17, 15) is 4.79 Å². The van der Waals surface area contributed by atoms with E-state index in [0.717, 1.165) is 11.5 Å². The van der Waals surface area contributed by atoms with E-state index in [1.807, 2.05) is 37.4 Å². The molecule has 0 fully saturated rings. The van der Waals surface area contributed by atoms with Crippen molar-refractivity contribution in [2.75, 3.05) is 32.6 Å². The average molecular weight is 285 g/mol. The Hall–Kier alpha value is -0.980. The summed E-state index contributed by atoms with van der Waals surface area (Å²) < 4.78 is 5.39. The van der Waals surface area contributed by atoms with Crippen molar-refractivity contribution in [3.8, 4) is 0 Å². The lowest BCUT2D eigenvalue weighted by Crippen LogP contribution is -2.44. The van der Waals surface area contributed by atoms with Gasteiger partial charge in [0.05, 0.1) is 18.3 Å². The zero-order chi connectivity index (χ0) is 14.3. The van der Waals surface area contributed by atoms with E-state index in [4.69, 9.17) is 10.2 Å². The van der Waals surface area contributed by atoms with Crippen LogP contribution >= 0.6 is 11.8 Å². The fourth-order valence-electron chi connectivity index (χ4n) is 1.72. The van der Waals surface area contributed by atoms with Crippen LogP contribution in [0.5, 0.6) is 0 Å². The van der Waals surface area contributed by atoms with Gasteiger partial charge >= 0.3 is 0 Å². The van der Waals surface area contributed by atoms with Crippen LogP contribution in [0, 0.1) is 0 Å². The second-order valence-corrected chi connectivity index (χ2v) is 5.61. The van der Waals surface area contributed by atoms with Crippen molar-refractivity contribution in [2.24, 2.45) is 5.73 Å². The Morgan fingerprint density at radius 1 is 1.58 bits per heavy atom. The molecular formula is C13H23N3O2S. The summed E-state index contributed by atoms with van der Waals surface area (Å²) in [6.07, 6.45) is 4.34. The van der Waals surface area contributed by atoms with E-state index in [1.54, 1.807) is 18.0 Å². The number of nitrogens with one attached hydrogen (secondary N) is 1. The smallest absolute Gasteiger partial charge is 0.237 e. The van der Waals surface area contributed by atoms with Crippen LogP contribution in [0.4, 0.5) is 0 Å². The van der Waals surface area contributed by atoms with Crippen molar-refractivity contribution in [2.45, 2.75) is 18.5 Å². The summed E-state index contributed by atoms with van der Waals surface area (Å²) in [4.78, 5) is 13.9. The Balaban J connectivity index is 2.46. The Morgan fingerprint density at radius 3 is 2.84 bits per heavy atom. The van der Waals surface area contributed by atoms with Crippen LogP contribution in [-0.4, -0.2) is 49.5 Å². The summed E-state index contributed by atoms with van der Waals surface area (Å²) in [7, 11) is 3.90. The molecule has 19 heavy (non-hydrogen) atoms. The van der Waals surface area contributed by atoms with Crippen LogP contribution < -0.4 is 11.1 Å². The first-order valence-corrected chi connectivity index (χ1v) is 7.67. The quantitative estimate of drug-likeness (QED) is 0.748. The fourth-order valence-corrected chi connectivity index (χ4v) is 2.21. The van der Waals surface area contributed by atoms with Crippen molar-refractivity contribution in [3.05, 3.63) is 24.2 Å². The maximum absolute atomic E-state index is 11.9. The van der Waals surface area contributed by atoms with Gasteiger partial charge < -0.3 is 15.5 Å². The van der Waals surface area contributed by atoms with Crippen LogP contribution in [-0.2, 0) is 4.79 Å². The topological polar surface area (TPSA) is 71.5 Å². The maximum atomic E-state index is 11.9. The standard InChI is InChI=1S/C13H23N3O2S/c1-16(2)11(12-5-4-7-18-12)9-15-13(17)10(14)6-8-19-3/h4-5,7,10-11H,6,8-9,14H2,1-3H3,(H,15,17)/t10-,11?/m1/s1. The van der Waals surface area contributed by atoms with Gasteiger partial charge in [0.15, 0.2) is 0 Å². The van der Waals surface area contributed by atoms with Crippen LogP contribution in [0.2, 0.25) is 0 Å². The van der Waals surface area contributed by atoms with Gasteiger partial charge in [-0.15, -0.1) is 0 Å². The van der Waals surface area contributed by atoms with Gasteiger partial charge in [0.1, 0.15) is 5.76 Å². The van der Waals surface area contributed by atoms with Gasteiger partial charge in [0.25, 0.3) is 0 Å². The van der Waals surface area contributed by atoms with Crippen molar-refractivity contribution in [1.29, 1.82) is 0 Å². The van der Waals surface area contributed by atoms with Crippen LogP contribution in [0.1, 0.15) is 18.2 Å². The summed E-state index contributed by atoms with van der Waals surface area (Å²) >= 11 is 1.69. The summed E-state index contributed by atoms with van der Waals surface area (Å²) in [5.41, 5.74) is 5.82. The fraction of sp³-hybridized carbons (Fsp3) is 0.615. The highest BCUT2D eigenvalue weighted by molar-refractivity contribution is 7.98. The van der Waals surface area contributed by atoms with E-state index in [0.29, 0.717) is 13.0 Å². The lowest BCUT2D eigenvalue weighted by Gasteiger charge is -2.23. The van der Waals surface area contributed by atoms with Crippen LogP contribution in [0.15, 0.2) is 22.8 Å². The number of carbonyl (C=O) groups is 1. The van der Waals surface area contributed by atoms with Gasteiger partial charge in [-0.3, -0.25) is 9.69 Å². The number of hydrogen-bond donors (Lipinski definition) is 2. The molecule has 1 unspecified atom stereocenters. The molecule has 108 valence electrons. The molecule has 5 nitrogen and oxygen atoms in total. The molecule has 2 atom stereocenters. The van der Waals surface area contributed by atoms with E-state index in [1.165, 1.54) is 0 Å². The highest BCUT2D eigenvalue weighted by Crippen LogP contribution is 2.17. The van der Waals surface area contributed by atoms with Gasteiger partial charge in [-0.05, 0) is 44.7 Å². The Bertz CT molecular complexity index is 368. The molecule has 0 spiro atoms. The first kappa shape index (κ1) is 16.1. The monoisotopic (exact) mass is 285 g/mol. The number of nitrogens with zero attached hydrogens (tertiary/aromatic N) is 1. The lowest BCUT2D eigenvalue weighted by molar-refractivity contribution is -0.122. The summed E-state index contributed by atoms with van der Waals surface area (Å²) in [5, 5.41) is 2.89. The maximum Gasteiger partial charge on any atom is 0.237 e. The van der Waals surface area contributed by atoms with Crippen molar-refractivity contribution >= 4 is 17.7 Å². The Kier molecular flexibility index (Phi) is 6.97.